The number of carbonyl (C=O) groups excluding carboxylic acids is 1. The zero-order valence-electron chi connectivity index (χ0n) is 11.3. The average molecular weight is 307 g/mol. The summed E-state index contributed by atoms with van der Waals surface area (Å²) in [6.45, 7) is 1.86. The number of amides is 1. The minimum atomic E-state index is -3.62. The molecule has 0 radical (unpaired) electrons. The fourth-order valence-corrected chi connectivity index (χ4v) is 2.90. The number of nitrogens with zero attached hydrogens (tertiary/aromatic N) is 2. The fourth-order valence-electron chi connectivity index (χ4n) is 1.51. The van der Waals surface area contributed by atoms with Gasteiger partial charge in [-0.3, -0.25) is 9.36 Å². The molecule has 21 heavy (non-hydrogen) atoms. The highest BCUT2D eigenvalue weighted by atomic mass is 31.2. The van der Waals surface area contributed by atoms with E-state index in [2.05, 4.69) is 15.4 Å². The molecule has 1 amide bonds. The van der Waals surface area contributed by atoms with Crippen LogP contribution in [0.2, 0.25) is 0 Å². The van der Waals surface area contributed by atoms with E-state index >= 15 is 0 Å². The third-order valence-electron chi connectivity index (χ3n) is 2.45. The van der Waals surface area contributed by atoms with Gasteiger partial charge in [-0.25, -0.2) is 15.4 Å². The van der Waals surface area contributed by atoms with Gasteiger partial charge < -0.3 is 4.52 Å². The van der Waals surface area contributed by atoms with Crippen molar-refractivity contribution in [2.45, 2.75) is 6.92 Å². The first-order valence-corrected chi connectivity index (χ1v) is 7.74. The van der Waals surface area contributed by atoms with E-state index in [1.807, 2.05) is 0 Å². The lowest BCUT2D eigenvalue weighted by Crippen LogP contribution is -2.26. The van der Waals surface area contributed by atoms with E-state index in [-0.39, 0.29) is 12.2 Å². The van der Waals surface area contributed by atoms with Crippen molar-refractivity contribution in [3.8, 4) is 0 Å². The van der Waals surface area contributed by atoms with Gasteiger partial charge >= 0.3 is 7.60 Å². The quantitative estimate of drug-likeness (QED) is 0.645. The molecule has 0 aliphatic carbocycles. The topological polar surface area (TPSA) is 90.4 Å². The van der Waals surface area contributed by atoms with E-state index in [1.165, 1.54) is 18.7 Å². The van der Waals surface area contributed by atoms with Crippen molar-refractivity contribution >= 4 is 18.8 Å². The van der Waals surface area contributed by atoms with Crippen LogP contribution in [-0.2, 0) is 13.7 Å². The van der Waals surface area contributed by atoms with Gasteiger partial charge in [0.1, 0.15) is 6.33 Å². The van der Waals surface area contributed by atoms with Crippen molar-refractivity contribution < 1.29 is 18.5 Å². The molecule has 0 aliphatic heterocycles. The van der Waals surface area contributed by atoms with Crippen molar-refractivity contribution in [3.63, 3.8) is 0 Å². The van der Waals surface area contributed by atoms with Crippen LogP contribution in [0.4, 0.5) is 0 Å². The van der Waals surface area contributed by atoms with Gasteiger partial charge in [0, 0.05) is 12.4 Å². The van der Waals surface area contributed by atoms with E-state index in [0.29, 0.717) is 5.30 Å². The molecule has 7 nitrogen and oxygen atoms in total. The SMILES string of the molecule is CCOP(=O)(ONC(=O)c1cncnc1)c1ccccc1. The Morgan fingerprint density at radius 3 is 2.52 bits per heavy atom. The van der Waals surface area contributed by atoms with Crippen LogP contribution >= 0.6 is 7.60 Å². The number of nitrogens with one attached hydrogen (secondary N) is 1. The van der Waals surface area contributed by atoms with Crippen LogP contribution in [0.3, 0.4) is 0 Å². The Balaban J connectivity index is 2.11. The van der Waals surface area contributed by atoms with Crippen LogP contribution in [0.1, 0.15) is 17.3 Å². The lowest BCUT2D eigenvalue weighted by molar-refractivity contribution is 0.0716. The van der Waals surface area contributed by atoms with E-state index in [1.54, 1.807) is 37.3 Å². The Kier molecular flexibility index (Phi) is 5.16. The summed E-state index contributed by atoms with van der Waals surface area (Å²) in [5, 5.41) is 0.358. The molecule has 1 atom stereocenters. The summed E-state index contributed by atoms with van der Waals surface area (Å²) >= 11 is 0. The molecule has 0 spiro atoms. The Bertz CT molecular complexity index is 636. The number of rotatable bonds is 6. The molecule has 8 heteroatoms. The lowest BCUT2D eigenvalue weighted by atomic mass is 10.3. The monoisotopic (exact) mass is 307 g/mol. The Hall–Kier alpha value is -2.08. The normalized spacial score (nSPS) is 13.4. The standard InChI is InChI=1S/C13H14N3O4P/c1-2-19-21(18,12-6-4-3-5-7-12)20-16-13(17)11-8-14-10-15-9-11/h3-10H,2H2,1H3,(H,16,17). The van der Waals surface area contributed by atoms with Crippen LogP contribution in [0.25, 0.3) is 0 Å². The van der Waals surface area contributed by atoms with E-state index in [9.17, 15) is 9.36 Å². The molecule has 0 saturated heterocycles. The van der Waals surface area contributed by atoms with Crippen molar-refractivity contribution in [2.75, 3.05) is 6.61 Å². The zero-order valence-corrected chi connectivity index (χ0v) is 12.2. The molecule has 2 aromatic rings. The minimum Gasteiger partial charge on any atom is -0.304 e. The summed E-state index contributed by atoms with van der Waals surface area (Å²) in [6.07, 6.45) is 3.94. The molecule has 1 aromatic carbocycles. The highest BCUT2D eigenvalue weighted by Gasteiger charge is 2.28. The van der Waals surface area contributed by atoms with Crippen molar-refractivity contribution in [1.29, 1.82) is 0 Å². The molecule has 2 rings (SSSR count). The van der Waals surface area contributed by atoms with E-state index in [4.69, 9.17) is 9.15 Å². The third kappa shape index (κ3) is 3.95. The molecule has 0 bridgehead atoms. The molecule has 1 N–H and O–H groups in total. The Morgan fingerprint density at radius 2 is 1.90 bits per heavy atom. The zero-order chi connectivity index (χ0) is 15.1. The highest BCUT2D eigenvalue weighted by Crippen LogP contribution is 2.45. The molecule has 0 aliphatic rings. The Morgan fingerprint density at radius 1 is 1.24 bits per heavy atom. The molecule has 1 aromatic heterocycles. The van der Waals surface area contributed by atoms with Crippen LogP contribution < -0.4 is 10.8 Å². The maximum Gasteiger partial charge on any atom is 0.382 e. The highest BCUT2D eigenvalue weighted by molar-refractivity contribution is 7.62. The summed E-state index contributed by atoms with van der Waals surface area (Å²) in [4.78, 5) is 19.3. The maximum atomic E-state index is 12.7. The van der Waals surface area contributed by atoms with Crippen LogP contribution in [0.15, 0.2) is 49.1 Å². The molecular formula is C13H14N3O4P. The summed E-state index contributed by atoms with van der Waals surface area (Å²) in [5.41, 5.74) is 2.30. The van der Waals surface area contributed by atoms with Gasteiger partial charge in [0.05, 0.1) is 17.5 Å². The van der Waals surface area contributed by atoms with Crippen LogP contribution in [-0.4, -0.2) is 22.5 Å². The first kappa shape index (κ1) is 15.3. The van der Waals surface area contributed by atoms with Crippen molar-refractivity contribution in [3.05, 3.63) is 54.6 Å². The molecule has 1 unspecified atom stereocenters. The van der Waals surface area contributed by atoms with Gasteiger partial charge in [-0.15, -0.1) is 0 Å². The van der Waals surface area contributed by atoms with Crippen LogP contribution in [0, 0.1) is 0 Å². The number of aromatic nitrogens is 2. The number of carbonyl (C=O) groups is 1. The average Bonchev–Trinajstić information content (AvgIpc) is 2.54. The molecule has 0 saturated carbocycles. The van der Waals surface area contributed by atoms with Gasteiger partial charge in [-0.05, 0) is 19.1 Å². The van der Waals surface area contributed by atoms with Gasteiger partial charge in [0.2, 0.25) is 0 Å². The third-order valence-corrected chi connectivity index (χ3v) is 4.31. The van der Waals surface area contributed by atoms with Crippen molar-refractivity contribution in [1.82, 2.24) is 15.4 Å². The summed E-state index contributed by atoms with van der Waals surface area (Å²) in [6, 6.07) is 8.40. The minimum absolute atomic E-state index is 0.177. The number of hydrogen-bond donors (Lipinski definition) is 1. The second kappa shape index (κ2) is 7.08. The second-order valence-electron chi connectivity index (χ2n) is 3.90. The first-order valence-electron chi connectivity index (χ1n) is 6.20. The Labute approximate surface area is 121 Å². The second-order valence-corrected chi connectivity index (χ2v) is 5.85. The van der Waals surface area contributed by atoms with Gasteiger partial charge in [0.15, 0.2) is 0 Å². The molecular weight excluding hydrogens is 293 g/mol. The van der Waals surface area contributed by atoms with Gasteiger partial charge in [-0.2, -0.15) is 4.62 Å². The van der Waals surface area contributed by atoms with Crippen LogP contribution in [0.5, 0.6) is 0 Å². The fraction of sp³-hybridized carbons (Fsp3) is 0.154. The largest absolute Gasteiger partial charge is 0.382 e. The van der Waals surface area contributed by atoms with E-state index < -0.39 is 13.5 Å². The first-order chi connectivity index (χ1) is 10.2. The summed E-state index contributed by atoms with van der Waals surface area (Å²) in [7, 11) is -3.62. The number of benzene rings is 1. The molecule has 0 fully saturated rings. The predicted molar refractivity (Wildman–Crippen MR) is 75.9 cm³/mol. The maximum absolute atomic E-state index is 12.7. The number of hydrogen-bond acceptors (Lipinski definition) is 6. The predicted octanol–water partition coefficient (Wildman–Crippen LogP) is 1.69. The smallest absolute Gasteiger partial charge is 0.304 e. The van der Waals surface area contributed by atoms with E-state index in [0.717, 1.165) is 0 Å². The number of hydroxylamine groups is 1. The van der Waals surface area contributed by atoms with Gasteiger partial charge in [-0.1, -0.05) is 18.2 Å². The lowest BCUT2D eigenvalue weighted by Gasteiger charge is -2.17. The van der Waals surface area contributed by atoms with Gasteiger partial charge in [0.25, 0.3) is 5.91 Å². The van der Waals surface area contributed by atoms with Crippen molar-refractivity contribution in [2.24, 2.45) is 0 Å². The molecule has 1 heterocycles. The summed E-state index contributed by atoms with van der Waals surface area (Å²) in [5.74, 6) is -0.605. The summed E-state index contributed by atoms with van der Waals surface area (Å²) < 4.78 is 22.9. The molecule has 110 valence electrons.